The number of nitrogens with zero attached hydrogens (tertiary/aromatic N) is 3. The largest absolute Gasteiger partial charge is 0.376 e. The van der Waals surface area contributed by atoms with Crippen LogP contribution in [0.4, 0.5) is 0 Å². The highest BCUT2D eigenvalue weighted by molar-refractivity contribution is 7.11. The van der Waals surface area contributed by atoms with Crippen LogP contribution in [0, 0.1) is 0 Å². The lowest BCUT2D eigenvalue weighted by atomic mass is 10.1. The summed E-state index contributed by atoms with van der Waals surface area (Å²) in [6.07, 6.45) is 4.24. The standard InChI is InChI=1S/C20H31N5OS2/c1-4-16-12-23-19(28-16)7-8-22-20(21-3)24-13-17(18-6-5-11-27-18)25-9-10-26-15(2)14-25/h5-6,11-12,15,17H,4,7-10,13-14H2,1-3H3,(H2,21,22,24). The van der Waals surface area contributed by atoms with Crippen LogP contribution in [0.3, 0.4) is 0 Å². The molecule has 8 heteroatoms. The van der Waals surface area contributed by atoms with Gasteiger partial charge in [0.25, 0.3) is 0 Å². The van der Waals surface area contributed by atoms with Gasteiger partial charge < -0.3 is 15.4 Å². The lowest BCUT2D eigenvalue weighted by Gasteiger charge is -2.37. The van der Waals surface area contributed by atoms with E-state index in [4.69, 9.17) is 4.74 Å². The van der Waals surface area contributed by atoms with Crippen molar-refractivity contribution < 1.29 is 4.74 Å². The summed E-state index contributed by atoms with van der Waals surface area (Å²) < 4.78 is 5.73. The molecule has 1 aliphatic heterocycles. The van der Waals surface area contributed by atoms with Crippen molar-refractivity contribution in [3.8, 4) is 0 Å². The molecule has 6 nitrogen and oxygen atoms in total. The predicted molar refractivity (Wildman–Crippen MR) is 119 cm³/mol. The summed E-state index contributed by atoms with van der Waals surface area (Å²) >= 11 is 3.61. The molecule has 1 saturated heterocycles. The Kier molecular flexibility index (Phi) is 8.27. The monoisotopic (exact) mass is 421 g/mol. The number of aryl methyl sites for hydroxylation is 1. The number of aliphatic imine (C=N–C) groups is 1. The van der Waals surface area contributed by atoms with Crippen LogP contribution in [0.1, 0.15) is 34.7 Å². The van der Waals surface area contributed by atoms with Crippen molar-refractivity contribution in [1.29, 1.82) is 0 Å². The fraction of sp³-hybridized carbons (Fsp3) is 0.600. The van der Waals surface area contributed by atoms with Crippen LogP contribution >= 0.6 is 22.7 Å². The number of morpholine rings is 1. The highest BCUT2D eigenvalue weighted by Gasteiger charge is 2.26. The summed E-state index contributed by atoms with van der Waals surface area (Å²) in [7, 11) is 1.82. The number of ether oxygens (including phenoxy) is 1. The molecule has 1 aliphatic rings. The zero-order chi connectivity index (χ0) is 19.8. The van der Waals surface area contributed by atoms with Crippen molar-refractivity contribution in [2.24, 2.45) is 4.99 Å². The Balaban J connectivity index is 1.52. The van der Waals surface area contributed by atoms with Crippen molar-refractivity contribution >= 4 is 28.6 Å². The van der Waals surface area contributed by atoms with Gasteiger partial charge in [-0.3, -0.25) is 9.89 Å². The van der Waals surface area contributed by atoms with Gasteiger partial charge in [0.2, 0.25) is 0 Å². The van der Waals surface area contributed by atoms with Gasteiger partial charge in [-0.25, -0.2) is 4.98 Å². The lowest BCUT2D eigenvalue weighted by Crippen LogP contribution is -2.48. The van der Waals surface area contributed by atoms with Crippen molar-refractivity contribution in [2.75, 3.05) is 39.8 Å². The molecule has 28 heavy (non-hydrogen) atoms. The average molecular weight is 422 g/mol. The first kappa shape index (κ1) is 21.2. The smallest absolute Gasteiger partial charge is 0.191 e. The van der Waals surface area contributed by atoms with Gasteiger partial charge in [0.15, 0.2) is 5.96 Å². The highest BCUT2D eigenvalue weighted by atomic mass is 32.1. The van der Waals surface area contributed by atoms with Crippen LogP contribution in [0.25, 0.3) is 0 Å². The summed E-state index contributed by atoms with van der Waals surface area (Å²) in [6.45, 7) is 8.68. The van der Waals surface area contributed by atoms with Crippen molar-refractivity contribution in [2.45, 2.75) is 38.8 Å². The van der Waals surface area contributed by atoms with Gasteiger partial charge in [0.1, 0.15) is 0 Å². The number of thiazole rings is 1. The normalized spacial score (nSPS) is 19.5. The van der Waals surface area contributed by atoms with E-state index in [1.54, 1.807) is 11.3 Å². The summed E-state index contributed by atoms with van der Waals surface area (Å²) in [6, 6.07) is 4.68. The summed E-state index contributed by atoms with van der Waals surface area (Å²) in [5.74, 6) is 0.843. The predicted octanol–water partition coefficient (Wildman–Crippen LogP) is 2.94. The maximum Gasteiger partial charge on any atom is 0.191 e. The molecule has 0 saturated carbocycles. The number of nitrogens with one attached hydrogen (secondary N) is 2. The third-order valence-electron chi connectivity index (χ3n) is 4.85. The van der Waals surface area contributed by atoms with Crippen LogP contribution < -0.4 is 10.6 Å². The molecule has 3 rings (SSSR count). The second-order valence-electron chi connectivity index (χ2n) is 6.91. The fourth-order valence-corrected chi connectivity index (χ4v) is 5.07. The molecule has 3 heterocycles. The van der Waals surface area contributed by atoms with Gasteiger partial charge in [0.05, 0.1) is 23.8 Å². The molecule has 154 valence electrons. The number of hydrogen-bond acceptors (Lipinski definition) is 6. The summed E-state index contributed by atoms with van der Waals surface area (Å²) in [5, 5.41) is 10.3. The molecule has 0 aromatic carbocycles. The zero-order valence-electron chi connectivity index (χ0n) is 17.0. The van der Waals surface area contributed by atoms with E-state index in [1.165, 1.54) is 14.8 Å². The van der Waals surface area contributed by atoms with Gasteiger partial charge in [-0.05, 0) is 24.8 Å². The van der Waals surface area contributed by atoms with Gasteiger partial charge in [-0.15, -0.1) is 22.7 Å². The zero-order valence-corrected chi connectivity index (χ0v) is 18.6. The Bertz CT molecular complexity index is 731. The van der Waals surface area contributed by atoms with Gasteiger partial charge >= 0.3 is 0 Å². The van der Waals surface area contributed by atoms with Crippen molar-refractivity contribution in [3.05, 3.63) is 38.5 Å². The third-order valence-corrected chi connectivity index (χ3v) is 7.03. The minimum absolute atomic E-state index is 0.278. The van der Waals surface area contributed by atoms with E-state index in [-0.39, 0.29) is 6.10 Å². The van der Waals surface area contributed by atoms with E-state index in [0.29, 0.717) is 6.04 Å². The molecular weight excluding hydrogens is 390 g/mol. The fourth-order valence-electron chi connectivity index (χ4n) is 3.35. The number of rotatable bonds is 8. The SMILES string of the molecule is CCc1cnc(CCNC(=NC)NCC(c2cccs2)N2CCOC(C)C2)s1. The molecule has 0 amide bonds. The first-order valence-corrected chi connectivity index (χ1v) is 11.7. The number of guanidine groups is 1. The second kappa shape index (κ2) is 10.9. The molecule has 0 spiro atoms. The lowest BCUT2D eigenvalue weighted by molar-refractivity contribution is -0.0334. The second-order valence-corrected chi connectivity index (χ2v) is 9.09. The number of thiophene rings is 1. The minimum atomic E-state index is 0.278. The van der Waals surface area contributed by atoms with Gasteiger partial charge in [0, 0.05) is 55.6 Å². The first-order valence-electron chi connectivity index (χ1n) is 9.96. The molecule has 0 radical (unpaired) electrons. The van der Waals surface area contributed by atoms with E-state index in [0.717, 1.165) is 51.6 Å². The van der Waals surface area contributed by atoms with E-state index in [2.05, 4.69) is 56.9 Å². The molecule has 0 bridgehead atoms. The molecule has 0 aliphatic carbocycles. The van der Waals surface area contributed by atoms with Crippen LogP contribution in [-0.4, -0.2) is 61.8 Å². The van der Waals surface area contributed by atoms with Gasteiger partial charge in [-0.2, -0.15) is 0 Å². The Labute approximate surface area is 176 Å². The topological polar surface area (TPSA) is 61.8 Å². The van der Waals surface area contributed by atoms with Crippen LogP contribution in [-0.2, 0) is 17.6 Å². The van der Waals surface area contributed by atoms with Crippen molar-refractivity contribution in [3.63, 3.8) is 0 Å². The summed E-state index contributed by atoms with van der Waals surface area (Å²) in [5.41, 5.74) is 0. The third kappa shape index (κ3) is 6.01. The van der Waals surface area contributed by atoms with E-state index >= 15 is 0 Å². The molecule has 2 aromatic heterocycles. The Morgan fingerprint density at radius 2 is 2.36 bits per heavy atom. The highest BCUT2D eigenvalue weighted by Crippen LogP contribution is 2.26. The van der Waals surface area contributed by atoms with E-state index in [1.807, 2.05) is 24.6 Å². The Hall–Kier alpha value is -1.48. The molecule has 2 unspecified atom stereocenters. The Morgan fingerprint density at radius 1 is 1.46 bits per heavy atom. The maximum atomic E-state index is 5.73. The Morgan fingerprint density at radius 3 is 3.04 bits per heavy atom. The first-order chi connectivity index (χ1) is 13.7. The van der Waals surface area contributed by atoms with Crippen LogP contribution in [0.5, 0.6) is 0 Å². The molecular formula is C20H31N5OS2. The number of hydrogen-bond donors (Lipinski definition) is 2. The minimum Gasteiger partial charge on any atom is -0.376 e. The quantitative estimate of drug-likeness (QED) is 0.507. The van der Waals surface area contributed by atoms with Crippen molar-refractivity contribution in [1.82, 2.24) is 20.5 Å². The average Bonchev–Trinajstić information content (AvgIpc) is 3.39. The van der Waals surface area contributed by atoms with E-state index in [9.17, 15) is 0 Å². The molecule has 2 atom stereocenters. The van der Waals surface area contributed by atoms with E-state index < -0.39 is 0 Å². The van der Waals surface area contributed by atoms with Crippen LogP contribution in [0.2, 0.25) is 0 Å². The van der Waals surface area contributed by atoms with Gasteiger partial charge in [-0.1, -0.05) is 13.0 Å². The maximum absolute atomic E-state index is 5.73. The molecule has 2 aromatic rings. The molecule has 2 N–H and O–H groups in total. The summed E-state index contributed by atoms with van der Waals surface area (Å²) in [4.78, 5) is 14.1. The van der Waals surface area contributed by atoms with Crippen LogP contribution in [0.15, 0.2) is 28.7 Å². The number of aromatic nitrogens is 1. The molecule has 1 fully saturated rings.